The average Bonchev–Trinajstić information content (AvgIpc) is 2.42. The average molecular weight is 309 g/mol. The number of amides is 2. The van der Waals surface area contributed by atoms with Crippen molar-refractivity contribution < 1.29 is 4.79 Å². The molecule has 114 valence electrons. The van der Waals surface area contributed by atoms with Crippen molar-refractivity contribution in [1.29, 1.82) is 0 Å². The molecule has 2 saturated heterocycles. The molecule has 0 unspecified atom stereocenters. The highest BCUT2D eigenvalue weighted by molar-refractivity contribution is 6.31. The molecule has 0 radical (unpaired) electrons. The molecule has 2 aliphatic heterocycles. The third kappa shape index (κ3) is 3.31. The number of nitrogens with zero attached hydrogens (tertiary/aromatic N) is 2. The minimum atomic E-state index is -0.0405. The van der Waals surface area contributed by atoms with Crippen LogP contribution in [0.2, 0.25) is 5.02 Å². The van der Waals surface area contributed by atoms with Crippen molar-refractivity contribution in [2.24, 2.45) is 0 Å². The molecule has 21 heavy (non-hydrogen) atoms. The van der Waals surface area contributed by atoms with Gasteiger partial charge in [-0.3, -0.25) is 4.90 Å². The smallest absolute Gasteiger partial charge is 0.321 e. The number of aryl methyl sites for hydroxylation is 1. The Morgan fingerprint density at radius 3 is 2.57 bits per heavy atom. The summed E-state index contributed by atoms with van der Waals surface area (Å²) in [5, 5.41) is 6.89. The van der Waals surface area contributed by atoms with Crippen LogP contribution in [0.3, 0.4) is 0 Å². The Hall–Kier alpha value is -1.30. The molecule has 0 aromatic heterocycles. The molecule has 2 heterocycles. The van der Waals surface area contributed by atoms with Gasteiger partial charge in [0.1, 0.15) is 0 Å². The van der Waals surface area contributed by atoms with Gasteiger partial charge in [-0.2, -0.15) is 0 Å². The quantitative estimate of drug-likeness (QED) is 0.875. The lowest BCUT2D eigenvalue weighted by atomic mass is 10.1. The monoisotopic (exact) mass is 308 g/mol. The molecular formula is C15H21ClN4O. The predicted octanol–water partition coefficient (Wildman–Crippen LogP) is 1.77. The van der Waals surface area contributed by atoms with E-state index in [1.54, 1.807) is 6.07 Å². The van der Waals surface area contributed by atoms with Crippen LogP contribution in [0.15, 0.2) is 18.2 Å². The number of carbonyl (C=O) groups is 1. The molecule has 0 atom stereocenters. The fourth-order valence-corrected chi connectivity index (χ4v) is 2.88. The van der Waals surface area contributed by atoms with Gasteiger partial charge in [0.2, 0.25) is 0 Å². The van der Waals surface area contributed by atoms with E-state index in [0.717, 1.165) is 50.5 Å². The molecule has 1 aromatic carbocycles. The van der Waals surface area contributed by atoms with Gasteiger partial charge in [0.25, 0.3) is 0 Å². The predicted molar refractivity (Wildman–Crippen MR) is 85.0 cm³/mol. The van der Waals surface area contributed by atoms with Gasteiger partial charge in [-0.15, -0.1) is 0 Å². The van der Waals surface area contributed by atoms with E-state index in [0.29, 0.717) is 11.1 Å². The number of hydrogen-bond donors (Lipinski definition) is 2. The second kappa shape index (κ2) is 6.22. The Morgan fingerprint density at radius 1 is 1.29 bits per heavy atom. The molecule has 2 amide bonds. The highest BCUT2D eigenvalue weighted by Crippen LogP contribution is 2.20. The minimum Gasteiger partial charge on any atom is -0.322 e. The summed E-state index contributed by atoms with van der Waals surface area (Å²) in [5.41, 5.74) is 1.76. The first kappa shape index (κ1) is 14.6. The standard InChI is InChI=1S/C15H21ClN4O/c1-11-2-3-12(8-14(11)16)18-15(21)20-6-4-19(5-7-20)13-9-17-10-13/h2-3,8,13,17H,4-7,9-10H2,1H3,(H,18,21). The summed E-state index contributed by atoms with van der Waals surface area (Å²) in [7, 11) is 0. The lowest BCUT2D eigenvalue weighted by molar-refractivity contribution is 0.0878. The molecule has 6 heteroatoms. The molecule has 1 aromatic rings. The lowest BCUT2D eigenvalue weighted by Crippen LogP contribution is -2.62. The number of hydrogen-bond acceptors (Lipinski definition) is 3. The van der Waals surface area contributed by atoms with E-state index in [1.807, 2.05) is 24.0 Å². The molecule has 2 fully saturated rings. The topological polar surface area (TPSA) is 47.6 Å². The van der Waals surface area contributed by atoms with Crippen molar-refractivity contribution in [2.45, 2.75) is 13.0 Å². The van der Waals surface area contributed by atoms with E-state index in [1.165, 1.54) is 0 Å². The fourth-order valence-electron chi connectivity index (χ4n) is 2.69. The van der Waals surface area contributed by atoms with Gasteiger partial charge in [0.05, 0.1) is 0 Å². The Bertz CT molecular complexity index is 524. The van der Waals surface area contributed by atoms with Crippen molar-refractivity contribution in [3.63, 3.8) is 0 Å². The van der Waals surface area contributed by atoms with Gasteiger partial charge in [-0.05, 0) is 24.6 Å². The van der Waals surface area contributed by atoms with E-state index in [2.05, 4.69) is 15.5 Å². The number of urea groups is 1. The third-order valence-corrected chi connectivity index (χ3v) is 4.71. The number of carbonyl (C=O) groups excluding carboxylic acids is 1. The minimum absolute atomic E-state index is 0.0405. The summed E-state index contributed by atoms with van der Waals surface area (Å²) >= 11 is 6.08. The summed E-state index contributed by atoms with van der Waals surface area (Å²) < 4.78 is 0. The van der Waals surface area contributed by atoms with Crippen LogP contribution in [0, 0.1) is 6.92 Å². The molecule has 0 saturated carbocycles. The maximum Gasteiger partial charge on any atom is 0.321 e. The number of piperazine rings is 1. The van der Waals surface area contributed by atoms with Crippen LogP contribution in [0.1, 0.15) is 5.56 Å². The zero-order valence-corrected chi connectivity index (χ0v) is 13.0. The van der Waals surface area contributed by atoms with Gasteiger partial charge in [0, 0.05) is 56.0 Å². The summed E-state index contributed by atoms with van der Waals surface area (Å²) in [5.74, 6) is 0. The summed E-state index contributed by atoms with van der Waals surface area (Å²) in [6.07, 6.45) is 0. The van der Waals surface area contributed by atoms with Crippen LogP contribution in [-0.2, 0) is 0 Å². The fraction of sp³-hybridized carbons (Fsp3) is 0.533. The number of benzene rings is 1. The van der Waals surface area contributed by atoms with Crippen LogP contribution in [0.5, 0.6) is 0 Å². The van der Waals surface area contributed by atoms with Gasteiger partial charge in [-0.1, -0.05) is 17.7 Å². The van der Waals surface area contributed by atoms with Gasteiger partial charge in [0.15, 0.2) is 0 Å². The first-order valence-electron chi connectivity index (χ1n) is 7.40. The van der Waals surface area contributed by atoms with E-state index < -0.39 is 0 Å². The largest absolute Gasteiger partial charge is 0.322 e. The van der Waals surface area contributed by atoms with Crippen LogP contribution in [0.4, 0.5) is 10.5 Å². The van der Waals surface area contributed by atoms with Crippen molar-refractivity contribution in [1.82, 2.24) is 15.1 Å². The first-order valence-corrected chi connectivity index (χ1v) is 7.78. The van der Waals surface area contributed by atoms with Gasteiger partial charge < -0.3 is 15.5 Å². The second-order valence-corrected chi connectivity index (χ2v) is 6.14. The van der Waals surface area contributed by atoms with Crippen molar-refractivity contribution in [3.8, 4) is 0 Å². The van der Waals surface area contributed by atoms with E-state index in [9.17, 15) is 4.79 Å². The van der Waals surface area contributed by atoms with Gasteiger partial charge >= 0.3 is 6.03 Å². The highest BCUT2D eigenvalue weighted by Gasteiger charge is 2.29. The molecule has 0 aliphatic carbocycles. The number of anilines is 1. The normalized spacial score (nSPS) is 20.2. The molecule has 3 rings (SSSR count). The summed E-state index contributed by atoms with van der Waals surface area (Å²) in [4.78, 5) is 16.6. The molecule has 2 aliphatic rings. The van der Waals surface area contributed by atoms with E-state index >= 15 is 0 Å². The zero-order chi connectivity index (χ0) is 14.8. The Morgan fingerprint density at radius 2 is 2.00 bits per heavy atom. The maximum atomic E-state index is 12.3. The molecule has 5 nitrogen and oxygen atoms in total. The molecular weight excluding hydrogens is 288 g/mol. The second-order valence-electron chi connectivity index (χ2n) is 5.73. The highest BCUT2D eigenvalue weighted by atomic mass is 35.5. The van der Waals surface area contributed by atoms with Crippen LogP contribution >= 0.6 is 11.6 Å². The Kier molecular flexibility index (Phi) is 4.33. The van der Waals surface area contributed by atoms with E-state index in [-0.39, 0.29) is 6.03 Å². The zero-order valence-electron chi connectivity index (χ0n) is 12.2. The Balaban J connectivity index is 1.52. The number of rotatable bonds is 2. The lowest BCUT2D eigenvalue weighted by Gasteiger charge is -2.43. The number of halogens is 1. The van der Waals surface area contributed by atoms with E-state index in [4.69, 9.17) is 11.6 Å². The van der Waals surface area contributed by atoms with Crippen molar-refractivity contribution >= 4 is 23.3 Å². The van der Waals surface area contributed by atoms with Crippen LogP contribution in [-0.4, -0.2) is 61.1 Å². The van der Waals surface area contributed by atoms with Crippen molar-refractivity contribution in [2.75, 3.05) is 44.6 Å². The van der Waals surface area contributed by atoms with Crippen molar-refractivity contribution in [3.05, 3.63) is 28.8 Å². The van der Waals surface area contributed by atoms with Crippen LogP contribution in [0.25, 0.3) is 0 Å². The molecule has 0 spiro atoms. The molecule has 2 N–H and O–H groups in total. The summed E-state index contributed by atoms with van der Waals surface area (Å²) in [6.45, 7) is 7.57. The SMILES string of the molecule is Cc1ccc(NC(=O)N2CCN(C3CNC3)CC2)cc1Cl. The first-order chi connectivity index (χ1) is 10.1. The van der Waals surface area contributed by atoms with Crippen LogP contribution < -0.4 is 10.6 Å². The maximum absolute atomic E-state index is 12.3. The van der Waals surface area contributed by atoms with Gasteiger partial charge in [-0.25, -0.2) is 4.79 Å². The number of nitrogens with one attached hydrogen (secondary N) is 2. The Labute approximate surface area is 130 Å². The third-order valence-electron chi connectivity index (χ3n) is 4.30. The molecule has 0 bridgehead atoms. The summed E-state index contributed by atoms with van der Waals surface area (Å²) in [6, 6.07) is 6.22.